The number of anilines is 1. The highest BCUT2D eigenvalue weighted by molar-refractivity contribution is 5.91. The van der Waals surface area contributed by atoms with Crippen LogP contribution < -0.4 is 9.64 Å². The van der Waals surface area contributed by atoms with E-state index >= 15 is 0 Å². The molecule has 1 fully saturated rings. The van der Waals surface area contributed by atoms with Crippen molar-refractivity contribution in [1.82, 2.24) is 15.0 Å². The second kappa shape index (κ2) is 6.05. The quantitative estimate of drug-likeness (QED) is 0.930. The number of piperidine rings is 1. The lowest BCUT2D eigenvalue weighted by molar-refractivity contribution is 0.0690. The number of carbonyl (C=O) groups is 1. The molecular formula is C15H18N4O3. The van der Waals surface area contributed by atoms with Crippen molar-refractivity contribution in [3.8, 4) is 11.4 Å². The summed E-state index contributed by atoms with van der Waals surface area (Å²) in [5.41, 5.74) is 0.601. The molecule has 0 amide bonds. The predicted octanol–water partition coefficient (Wildman–Crippen LogP) is 1.96. The molecule has 0 radical (unpaired) electrons. The molecular weight excluding hydrogens is 284 g/mol. The second-order valence-electron chi connectivity index (χ2n) is 5.19. The Morgan fingerprint density at radius 3 is 2.59 bits per heavy atom. The minimum atomic E-state index is -1.07. The van der Waals surface area contributed by atoms with Crippen LogP contribution in [0.3, 0.4) is 0 Å². The molecule has 116 valence electrons. The molecule has 2 aromatic rings. The van der Waals surface area contributed by atoms with Gasteiger partial charge in [0.25, 0.3) is 0 Å². The van der Waals surface area contributed by atoms with E-state index in [0.717, 1.165) is 25.9 Å². The number of aromatic carboxylic acids is 1. The number of carboxylic acid groups (broad SMARTS) is 1. The van der Waals surface area contributed by atoms with Gasteiger partial charge in [-0.15, -0.1) is 15.0 Å². The molecule has 0 atom stereocenters. The van der Waals surface area contributed by atoms with Gasteiger partial charge in [0.15, 0.2) is 5.82 Å². The molecule has 1 aliphatic heterocycles. The number of hydrogen-bond donors (Lipinski definition) is 1. The first-order valence-electron chi connectivity index (χ1n) is 7.29. The molecule has 0 unspecified atom stereocenters. The first-order valence-corrected chi connectivity index (χ1v) is 7.29. The van der Waals surface area contributed by atoms with E-state index in [1.807, 2.05) is 17.0 Å². The first-order chi connectivity index (χ1) is 10.7. The van der Waals surface area contributed by atoms with E-state index in [4.69, 9.17) is 4.74 Å². The van der Waals surface area contributed by atoms with Gasteiger partial charge < -0.3 is 14.7 Å². The summed E-state index contributed by atoms with van der Waals surface area (Å²) in [6.45, 7) is 1.62. The van der Waals surface area contributed by atoms with Crippen LogP contribution in [0.5, 0.6) is 5.75 Å². The van der Waals surface area contributed by atoms with Crippen LogP contribution in [0.25, 0.3) is 5.69 Å². The molecule has 7 nitrogen and oxygen atoms in total. The van der Waals surface area contributed by atoms with E-state index in [1.165, 1.54) is 11.2 Å². The monoisotopic (exact) mass is 302 g/mol. The zero-order valence-electron chi connectivity index (χ0n) is 12.4. The number of benzene rings is 1. The largest absolute Gasteiger partial charge is 0.494 e. The van der Waals surface area contributed by atoms with Crippen molar-refractivity contribution in [2.45, 2.75) is 19.3 Å². The lowest BCUT2D eigenvalue weighted by Crippen LogP contribution is -2.31. The molecule has 0 spiro atoms. The van der Waals surface area contributed by atoms with Crippen LogP contribution in [0.2, 0.25) is 0 Å². The van der Waals surface area contributed by atoms with E-state index < -0.39 is 5.97 Å². The number of nitrogens with zero attached hydrogens (tertiary/aromatic N) is 4. The van der Waals surface area contributed by atoms with Crippen molar-refractivity contribution >= 4 is 11.8 Å². The molecule has 1 aromatic carbocycles. The van der Waals surface area contributed by atoms with Crippen molar-refractivity contribution in [1.29, 1.82) is 0 Å². The summed E-state index contributed by atoms with van der Waals surface area (Å²) in [7, 11) is 1.56. The standard InChI is InChI=1S/C15H18N4O3/c1-22-12-8-4-3-7-11(12)19-16-13(15(20)21)14(17-19)18-9-5-2-6-10-18/h3-4,7-8H,2,5-6,9-10H2,1H3,(H,20,21). The summed E-state index contributed by atoms with van der Waals surface area (Å²) in [6, 6.07) is 7.27. The van der Waals surface area contributed by atoms with E-state index in [2.05, 4.69) is 10.2 Å². The highest BCUT2D eigenvalue weighted by atomic mass is 16.5. The smallest absolute Gasteiger partial charge is 0.360 e. The third-order valence-electron chi connectivity index (χ3n) is 3.75. The summed E-state index contributed by atoms with van der Waals surface area (Å²) in [4.78, 5) is 14.8. The number of hydrogen-bond acceptors (Lipinski definition) is 5. The minimum Gasteiger partial charge on any atom is -0.494 e. The number of methoxy groups -OCH3 is 1. The minimum absolute atomic E-state index is 0.0205. The van der Waals surface area contributed by atoms with E-state index in [9.17, 15) is 9.90 Å². The maximum absolute atomic E-state index is 11.5. The SMILES string of the molecule is COc1ccccc1-n1nc(C(=O)O)c(N2CCCCC2)n1. The van der Waals surface area contributed by atoms with Gasteiger partial charge in [0.1, 0.15) is 11.4 Å². The zero-order valence-corrected chi connectivity index (χ0v) is 12.4. The summed E-state index contributed by atoms with van der Waals surface area (Å²) in [5, 5.41) is 18.0. The Labute approximate surface area is 128 Å². The molecule has 0 bridgehead atoms. The highest BCUT2D eigenvalue weighted by Crippen LogP contribution is 2.25. The average Bonchev–Trinajstić information content (AvgIpc) is 3.01. The second-order valence-corrected chi connectivity index (χ2v) is 5.19. The maximum atomic E-state index is 11.5. The van der Waals surface area contributed by atoms with Crippen molar-refractivity contribution in [3.63, 3.8) is 0 Å². The van der Waals surface area contributed by atoms with Crippen LogP contribution in [0.4, 0.5) is 5.82 Å². The maximum Gasteiger partial charge on any atom is 0.360 e. The molecule has 1 saturated heterocycles. The Hall–Kier alpha value is -2.57. The molecule has 1 N–H and O–H groups in total. The van der Waals surface area contributed by atoms with Gasteiger partial charge in [-0.25, -0.2) is 4.79 Å². The number of carboxylic acids is 1. The lowest BCUT2D eigenvalue weighted by atomic mass is 10.1. The van der Waals surface area contributed by atoms with Crippen molar-refractivity contribution in [3.05, 3.63) is 30.0 Å². The summed E-state index contributed by atoms with van der Waals surface area (Å²) >= 11 is 0. The third-order valence-corrected chi connectivity index (χ3v) is 3.75. The third kappa shape index (κ3) is 2.61. The number of rotatable bonds is 4. The van der Waals surface area contributed by atoms with Crippen LogP contribution in [-0.2, 0) is 0 Å². The van der Waals surface area contributed by atoms with E-state index in [0.29, 0.717) is 17.3 Å². The molecule has 1 aliphatic rings. The summed E-state index contributed by atoms with van der Waals surface area (Å²) in [5.74, 6) is -0.0422. The van der Waals surface area contributed by atoms with Gasteiger partial charge >= 0.3 is 5.97 Å². The Morgan fingerprint density at radius 2 is 1.91 bits per heavy atom. The normalized spacial score (nSPS) is 14.9. The van der Waals surface area contributed by atoms with Crippen LogP contribution in [0, 0.1) is 0 Å². The summed E-state index contributed by atoms with van der Waals surface area (Å²) in [6.07, 6.45) is 3.25. The molecule has 1 aromatic heterocycles. The van der Waals surface area contributed by atoms with Gasteiger partial charge in [0.05, 0.1) is 7.11 Å². The Balaban J connectivity index is 2.04. The van der Waals surface area contributed by atoms with Crippen molar-refractivity contribution < 1.29 is 14.6 Å². The number of ether oxygens (including phenoxy) is 1. The molecule has 0 aliphatic carbocycles. The van der Waals surface area contributed by atoms with Gasteiger partial charge in [-0.1, -0.05) is 12.1 Å². The fourth-order valence-electron chi connectivity index (χ4n) is 2.66. The van der Waals surface area contributed by atoms with Crippen LogP contribution >= 0.6 is 0 Å². The Kier molecular flexibility index (Phi) is 3.95. The molecule has 22 heavy (non-hydrogen) atoms. The summed E-state index contributed by atoms with van der Waals surface area (Å²) < 4.78 is 5.29. The Bertz CT molecular complexity index is 677. The number of aromatic nitrogens is 3. The van der Waals surface area contributed by atoms with E-state index in [-0.39, 0.29) is 5.69 Å². The highest BCUT2D eigenvalue weighted by Gasteiger charge is 2.25. The van der Waals surface area contributed by atoms with Crippen LogP contribution in [0.1, 0.15) is 29.8 Å². The predicted molar refractivity (Wildman–Crippen MR) is 80.9 cm³/mol. The van der Waals surface area contributed by atoms with Gasteiger partial charge in [0, 0.05) is 13.1 Å². The average molecular weight is 302 g/mol. The first kappa shape index (κ1) is 14.4. The Morgan fingerprint density at radius 1 is 1.18 bits per heavy atom. The fraction of sp³-hybridized carbons (Fsp3) is 0.400. The van der Waals surface area contributed by atoms with Gasteiger partial charge in [-0.2, -0.15) is 0 Å². The van der Waals surface area contributed by atoms with Crippen LogP contribution in [-0.4, -0.2) is 46.3 Å². The molecule has 2 heterocycles. The lowest BCUT2D eigenvalue weighted by Gasteiger charge is -2.26. The zero-order chi connectivity index (χ0) is 15.5. The van der Waals surface area contributed by atoms with E-state index in [1.54, 1.807) is 19.2 Å². The topological polar surface area (TPSA) is 80.5 Å². The van der Waals surface area contributed by atoms with Crippen molar-refractivity contribution in [2.75, 3.05) is 25.1 Å². The molecule has 3 rings (SSSR count). The van der Waals surface area contributed by atoms with Crippen LogP contribution in [0.15, 0.2) is 24.3 Å². The number of para-hydroxylation sites is 2. The molecule has 0 saturated carbocycles. The van der Waals surface area contributed by atoms with Gasteiger partial charge in [0.2, 0.25) is 5.69 Å². The van der Waals surface area contributed by atoms with Gasteiger partial charge in [-0.3, -0.25) is 0 Å². The van der Waals surface area contributed by atoms with Gasteiger partial charge in [-0.05, 0) is 31.4 Å². The van der Waals surface area contributed by atoms with Crippen molar-refractivity contribution in [2.24, 2.45) is 0 Å². The fourth-order valence-corrected chi connectivity index (χ4v) is 2.66. The molecule has 7 heteroatoms.